The number of carbonyl (C=O) groups excluding carboxylic acids is 1. The van der Waals surface area contributed by atoms with Gasteiger partial charge in [-0.3, -0.25) is 4.79 Å². The second kappa shape index (κ2) is 10.1. The molecule has 0 saturated heterocycles. The van der Waals surface area contributed by atoms with Crippen molar-refractivity contribution in [3.05, 3.63) is 59.2 Å². The fourth-order valence-corrected chi connectivity index (χ4v) is 3.56. The maximum absolute atomic E-state index is 13.3. The number of ether oxygens (including phenoxy) is 2. The average Bonchev–Trinajstić information content (AvgIpc) is 2.78. The molecule has 6 nitrogen and oxygen atoms in total. The Morgan fingerprint density at radius 1 is 1.06 bits per heavy atom. The molecule has 1 aromatic heterocycles. The minimum absolute atomic E-state index is 0.111. The number of alkyl halides is 3. The molecule has 1 N–H and O–H groups in total. The Hall–Kier alpha value is -2.98. The summed E-state index contributed by atoms with van der Waals surface area (Å²) in [5, 5.41) is 2.75. The van der Waals surface area contributed by atoms with E-state index in [1.54, 1.807) is 30.3 Å². The zero-order valence-corrected chi connectivity index (χ0v) is 18.4. The predicted octanol–water partition coefficient (Wildman–Crippen LogP) is 5.56. The molecule has 0 unspecified atom stereocenters. The molecule has 0 bridgehead atoms. The topological polar surface area (TPSA) is 73.3 Å². The monoisotopic (exact) mass is 483 g/mol. The number of anilines is 1. The highest BCUT2D eigenvalue weighted by atomic mass is 35.5. The second-order valence-electron chi connectivity index (χ2n) is 6.31. The number of hydrogen-bond donors (Lipinski definition) is 1. The van der Waals surface area contributed by atoms with E-state index in [2.05, 4.69) is 15.3 Å². The third kappa shape index (κ3) is 5.83. The first-order chi connectivity index (χ1) is 15.2. The van der Waals surface area contributed by atoms with Gasteiger partial charge in [0.2, 0.25) is 5.91 Å². The highest BCUT2D eigenvalue weighted by molar-refractivity contribution is 7.99. The number of benzene rings is 2. The first kappa shape index (κ1) is 23.7. The van der Waals surface area contributed by atoms with Gasteiger partial charge in [-0.05, 0) is 6.07 Å². The van der Waals surface area contributed by atoms with Crippen molar-refractivity contribution < 1.29 is 27.4 Å². The number of rotatable bonds is 7. The summed E-state index contributed by atoms with van der Waals surface area (Å²) in [6.45, 7) is 0. The molecule has 0 fully saturated rings. The minimum atomic E-state index is -4.66. The summed E-state index contributed by atoms with van der Waals surface area (Å²) in [6, 6.07) is 12.3. The van der Waals surface area contributed by atoms with Gasteiger partial charge in [0.1, 0.15) is 17.2 Å². The van der Waals surface area contributed by atoms with Crippen LogP contribution in [-0.4, -0.2) is 35.8 Å². The van der Waals surface area contributed by atoms with Gasteiger partial charge in [-0.1, -0.05) is 53.7 Å². The van der Waals surface area contributed by atoms with Crippen molar-refractivity contribution >= 4 is 35.0 Å². The van der Waals surface area contributed by atoms with Gasteiger partial charge in [0.25, 0.3) is 0 Å². The molecular weight excluding hydrogens is 467 g/mol. The van der Waals surface area contributed by atoms with Crippen LogP contribution in [0.1, 0.15) is 5.69 Å². The molecule has 0 aliphatic heterocycles. The summed E-state index contributed by atoms with van der Waals surface area (Å²) in [4.78, 5) is 20.2. The number of aromatic nitrogens is 2. The van der Waals surface area contributed by atoms with Gasteiger partial charge in [0.05, 0.1) is 36.4 Å². The van der Waals surface area contributed by atoms with E-state index in [0.29, 0.717) is 27.8 Å². The van der Waals surface area contributed by atoms with E-state index in [4.69, 9.17) is 21.1 Å². The standard InChI is InChI=1S/C21H17ClF3N3O3S/c1-30-16-9-15(17(31-2)8-13(16)22)26-19(29)11-32-20-27-14(12-6-4-3-5-7-12)10-18(28-20)21(23,24)25/h3-10H,11H2,1-2H3,(H,26,29). The quantitative estimate of drug-likeness (QED) is 0.350. The van der Waals surface area contributed by atoms with Gasteiger partial charge in [-0.2, -0.15) is 13.2 Å². The summed E-state index contributed by atoms with van der Waals surface area (Å²) >= 11 is 6.83. The van der Waals surface area contributed by atoms with Gasteiger partial charge >= 0.3 is 6.18 Å². The minimum Gasteiger partial charge on any atom is -0.495 e. The molecule has 0 saturated carbocycles. The van der Waals surface area contributed by atoms with Crippen LogP contribution in [0, 0.1) is 0 Å². The molecule has 1 heterocycles. The Morgan fingerprint density at radius 3 is 2.38 bits per heavy atom. The largest absolute Gasteiger partial charge is 0.495 e. The Kier molecular flexibility index (Phi) is 7.47. The molecule has 168 valence electrons. The van der Waals surface area contributed by atoms with E-state index in [1.807, 2.05) is 0 Å². The van der Waals surface area contributed by atoms with Crippen molar-refractivity contribution in [2.24, 2.45) is 0 Å². The molecule has 0 aliphatic rings. The predicted molar refractivity (Wildman–Crippen MR) is 116 cm³/mol. The van der Waals surface area contributed by atoms with E-state index in [-0.39, 0.29) is 16.6 Å². The molecule has 3 aromatic rings. The van der Waals surface area contributed by atoms with Crippen LogP contribution >= 0.6 is 23.4 Å². The number of nitrogens with one attached hydrogen (secondary N) is 1. The number of thioether (sulfide) groups is 1. The van der Waals surface area contributed by atoms with Gasteiger partial charge in [-0.15, -0.1) is 0 Å². The summed E-state index contributed by atoms with van der Waals surface area (Å²) in [7, 11) is 2.83. The molecule has 0 aliphatic carbocycles. The molecule has 1 amide bonds. The number of carbonyl (C=O) groups is 1. The zero-order valence-electron chi connectivity index (χ0n) is 16.9. The van der Waals surface area contributed by atoms with Gasteiger partial charge in [0, 0.05) is 17.7 Å². The fourth-order valence-electron chi connectivity index (χ4n) is 2.67. The van der Waals surface area contributed by atoms with Crippen LogP contribution in [0.5, 0.6) is 11.5 Å². The smallest absolute Gasteiger partial charge is 0.433 e. The lowest BCUT2D eigenvalue weighted by Crippen LogP contribution is -2.16. The van der Waals surface area contributed by atoms with E-state index in [1.165, 1.54) is 26.4 Å². The Labute approximate surface area is 191 Å². The number of methoxy groups -OCH3 is 2. The van der Waals surface area contributed by atoms with Crippen molar-refractivity contribution in [3.63, 3.8) is 0 Å². The molecule has 0 radical (unpaired) electrons. The number of amides is 1. The zero-order chi connectivity index (χ0) is 23.3. The van der Waals surface area contributed by atoms with Gasteiger partial charge < -0.3 is 14.8 Å². The van der Waals surface area contributed by atoms with Crippen LogP contribution in [-0.2, 0) is 11.0 Å². The first-order valence-corrected chi connectivity index (χ1v) is 10.4. The van der Waals surface area contributed by atoms with Crippen molar-refractivity contribution in [3.8, 4) is 22.8 Å². The molecule has 3 rings (SSSR count). The van der Waals surface area contributed by atoms with Gasteiger partial charge in [0.15, 0.2) is 5.16 Å². The summed E-state index contributed by atoms with van der Waals surface area (Å²) in [5.41, 5.74) is -0.169. The molecule has 32 heavy (non-hydrogen) atoms. The average molecular weight is 484 g/mol. The Balaban J connectivity index is 1.80. The first-order valence-electron chi connectivity index (χ1n) is 9.07. The highest BCUT2D eigenvalue weighted by Crippen LogP contribution is 2.36. The van der Waals surface area contributed by atoms with Crippen molar-refractivity contribution in [1.82, 2.24) is 9.97 Å². The van der Waals surface area contributed by atoms with Crippen LogP contribution < -0.4 is 14.8 Å². The number of hydrogen-bond acceptors (Lipinski definition) is 6. The van der Waals surface area contributed by atoms with Crippen LogP contribution in [0.3, 0.4) is 0 Å². The maximum atomic E-state index is 13.3. The van der Waals surface area contributed by atoms with E-state index < -0.39 is 17.8 Å². The third-order valence-electron chi connectivity index (χ3n) is 4.15. The fraction of sp³-hybridized carbons (Fsp3) is 0.190. The van der Waals surface area contributed by atoms with Crippen LogP contribution in [0.4, 0.5) is 18.9 Å². The molecule has 0 spiro atoms. The lowest BCUT2D eigenvalue weighted by molar-refractivity contribution is -0.141. The second-order valence-corrected chi connectivity index (χ2v) is 7.66. The lowest BCUT2D eigenvalue weighted by Gasteiger charge is -2.13. The van der Waals surface area contributed by atoms with Crippen molar-refractivity contribution in [2.75, 3.05) is 25.3 Å². The van der Waals surface area contributed by atoms with E-state index in [9.17, 15) is 18.0 Å². The Bertz CT molecular complexity index is 1110. The molecule has 11 heteroatoms. The van der Waals surface area contributed by atoms with E-state index >= 15 is 0 Å². The Morgan fingerprint density at radius 2 is 1.75 bits per heavy atom. The van der Waals surface area contributed by atoms with Crippen molar-refractivity contribution in [1.29, 1.82) is 0 Å². The van der Waals surface area contributed by atoms with Gasteiger partial charge in [-0.25, -0.2) is 9.97 Å². The molecular formula is C21H17ClF3N3O3S. The summed E-state index contributed by atoms with van der Waals surface area (Å²) in [5.74, 6) is -0.108. The number of halogens is 4. The third-order valence-corrected chi connectivity index (χ3v) is 5.29. The molecule has 0 atom stereocenters. The summed E-state index contributed by atoms with van der Waals surface area (Å²) in [6.07, 6.45) is -4.66. The van der Waals surface area contributed by atoms with Crippen LogP contribution in [0.15, 0.2) is 53.7 Å². The summed E-state index contributed by atoms with van der Waals surface area (Å²) < 4.78 is 50.3. The van der Waals surface area contributed by atoms with Crippen molar-refractivity contribution in [2.45, 2.75) is 11.3 Å². The number of nitrogens with zero attached hydrogens (tertiary/aromatic N) is 2. The van der Waals surface area contributed by atoms with Crippen LogP contribution in [0.25, 0.3) is 11.3 Å². The van der Waals surface area contributed by atoms with E-state index in [0.717, 1.165) is 17.8 Å². The lowest BCUT2D eigenvalue weighted by atomic mass is 10.1. The van der Waals surface area contributed by atoms with Crippen LogP contribution in [0.2, 0.25) is 5.02 Å². The maximum Gasteiger partial charge on any atom is 0.433 e. The SMILES string of the molecule is COc1cc(NC(=O)CSc2nc(-c3ccccc3)cc(C(F)(F)F)n2)c(OC)cc1Cl. The molecule has 2 aromatic carbocycles. The normalized spacial score (nSPS) is 11.2. The highest BCUT2D eigenvalue weighted by Gasteiger charge is 2.34.